The number of rotatable bonds is 17. The summed E-state index contributed by atoms with van der Waals surface area (Å²) in [6.07, 6.45) is 12.5. The summed E-state index contributed by atoms with van der Waals surface area (Å²) in [6, 6.07) is 0.573. The van der Waals surface area contributed by atoms with E-state index in [1.165, 1.54) is 51.9 Å². The van der Waals surface area contributed by atoms with Gasteiger partial charge in [0.2, 0.25) is 0 Å². The van der Waals surface area contributed by atoms with Gasteiger partial charge in [-0.15, -0.1) is 0 Å². The number of carboxylic acids is 1. The number of nitrogens with one attached hydrogen (secondary N) is 2. The number of aliphatic carboxylic acids is 1. The first-order valence-corrected chi connectivity index (χ1v) is 20.7. The third kappa shape index (κ3) is 11.3. The Hall–Kier alpha value is -0.860. The van der Waals surface area contributed by atoms with Crippen LogP contribution in [-0.2, 0) is 19.4 Å². The number of unbranched alkanes of at least 4 members (excludes halogenated alkanes) is 1. The lowest BCUT2D eigenvalue weighted by Gasteiger charge is -2.62. The molecule has 4 rings (SSSR count). The minimum absolute atomic E-state index is 0.0152. The summed E-state index contributed by atoms with van der Waals surface area (Å²) >= 11 is 0. The first kappa shape index (κ1) is 42.6. The van der Waals surface area contributed by atoms with Gasteiger partial charge in [0.05, 0.1) is 12.2 Å². The summed E-state index contributed by atoms with van der Waals surface area (Å²) < 4.78 is 37.1. The molecule has 12 atom stereocenters. The second kappa shape index (κ2) is 18.8. The maximum absolute atomic E-state index is 11.8. The Bertz CT molecular complexity index is 1120. The number of carboxylic acid groups (broad SMARTS) is 1. The third-order valence-corrected chi connectivity index (χ3v) is 14.0. The fourth-order valence-corrected chi connectivity index (χ4v) is 11.3. The van der Waals surface area contributed by atoms with E-state index in [1.54, 1.807) is 0 Å². The molecule has 0 radical (unpaired) electrons. The Morgan fingerprint density at radius 1 is 0.918 bits per heavy atom. The highest BCUT2D eigenvalue weighted by atomic mass is 32.3. The van der Waals surface area contributed by atoms with Gasteiger partial charge in [0, 0.05) is 6.04 Å². The van der Waals surface area contributed by atoms with Crippen molar-refractivity contribution in [2.75, 3.05) is 26.2 Å². The van der Waals surface area contributed by atoms with E-state index in [9.17, 15) is 22.9 Å². The van der Waals surface area contributed by atoms with Gasteiger partial charge in [0.15, 0.2) is 0 Å². The molecule has 1 unspecified atom stereocenters. The van der Waals surface area contributed by atoms with Crippen LogP contribution >= 0.6 is 0 Å². The van der Waals surface area contributed by atoms with Gasteiger partial charge in [0.1, 0.15) is 6.10 Å². The highest BCUT2D eigenvalue weighted by Crippen LogP contribution is 2.68. The molecule has 4 fully saturated rings. The van der Waals surface area contributed by atoms with E-state index in [2.05, 4.69) is 31.4 Å². The summed E-state index contributed by atoms with van der Waals surface area (Å²) in [6.45, 7) is 16.5. The predicted molar refractivity (Wildman–Crippen MR) is 193 cm³/mol. The number of hydrogen-bond acceptors (Lipinski definition) is 9. The molecule has 4 aliphatic carbocycles. The number of carbonyl (C=O) groups is 1. The van der Waals surface area contributed by atoms with E-state index in [-0.39, 0.29) is 17.4 Å². The molecule has 0 aromatic heterocycles. The van der Waals surface area contributed by atoms with Crippen molar-refractivity contribution in [3.05, 3.63) is 0 Å². The third-order valence-electron chi connectivity index (χ3n) is 13.5. The Labute approximate surface area is 297 Å². The first-order chi connectivity index (χ1) is 22.9. The van der Waals surface area contributed by atoms with Crippen molar-refractivity contribution in [2.24, 2.45) is 58.0 Å². The average Bonchev–Trinajstić information content (AvgIpc) is 3.37. The molecule has 0 aliphatic heterocycles. The normalized spacial score (nSPS) is 36.1. The van der Waals surface area contributed by atoms with Crippen LogP contribution in [0.4, 0.5) is 0 Å². The molecular formula is C37H71N3O8S. The van der Waals surface area contributed by atoms with Crippen molar-refractivity contribution >= 4 is 16.4 Å². The SMILES string of the molecule is CC(C)[C@@H](CC[C@@H](C)[C@H]1CC[C@H]2[C@@H]3[C@H](O)C[C@H]4C[C@@H](NCCCNCCCCN)CC[C@]4(C)[C@H]3CC[C@]12C)OS(=O)(=O)O.CC(O)C(=O)O. The summed E-state index contributed by atoms with van der Waals surface area (Å²) in [5.41, 5.74) is 6.13. The minimum Gasteiger partial charge on any atom is -0.479 e. The van der Waals surface area contributed by atoms with Crippen LogP contribution in [0.25, 0.3) is 0 Å². The maximum Gasteiger partial charge on any atom is 0.397 e. The molecule has 4 saturated carbocycles. The van der Waals surface area contributed by atoms with Gasteiger partial charge >= 0.3 is 16.4 Å². The van der Waals surface area contributed by atoms with Crippen LogP contribution in [0.5, 0.6) is 0 Å². The van der Waals surface area contributed by atoms with E-state index >= 15 is 0 Å². The lowest BCUT2D eigenvalue weighted by molar-refractivity contribution is -0.167. The first-order valence-electron chi connectivity index (χ1n) is 19.3. The minimum atomic E-state index is -4.45. The Morgan fingerprint density at radius 2 is 1.55 bits per heavy atom. The molecule has 49 heavy (non-hydrogen) atoms. The lowest BCUT2D eigenvalue weighted by atomic mass is 9.43. The van der Waals surface area contributed by atoms with Crippen LogP contribution in [0.1, 0.15) is 125 Å². The predicted octanol–water partition coefficient (Wildman–Crippen LogP) is 5.01. The zero-order valence-corrected chi connectivity index (χ0v) is 32.1. The Balaban J connectivity index is 0.000000992. The average molecular weight is 718 g/mol. The molecule has 0 bridgehead atoms. The number of aliphatic hydroxyl groups is 2. The fourth-order valence-electron chi connectivity index (χ4n) is 10.7. The molecule has 0 heterocycles. The van der Waals surface area contributed by atoms with Gasteiger partial charge in [0.25, 0.3) is 0 Å². The standard InChI is InChI=1S/C34H65N3O5S.C3H6O3/c1-23(2)31(42-43(39,40)41)12-9-24(3)27-10-11-28-32-29(14-16-34(27,28)5)33(4)15-13-26(21-25(33)22-30(32)38)37-20-8-19-36-18-7-6-17-35;1-2(4)3(5)6/h23-32,36-38H,6-22,35H2,1-5H3,(H,39,40,41);2,4H,1H3,(H,5,6)/t24-,25-,26+,27-,28+,29+,30-,31-,32+,33+,34-;/m1./s1. The van der Waals surface area contributed by atoms with Gasteiger partial charge in [-0.1, -0.05) is 34.6 Å². The lowest BCUT2D eigenvalue weighted by Crippen LogP contribution is -2.59. The monoisotopic (exact) mass is 717 g/mol. The van der Waals surface area contributed by atoms with E-state index in [1.807, 2.05) is 13.8 Å². The number of aliphatic hydroxyl groups excluding tert-OH is 2. The molecule has 0 saturated heterocycles. The molecule has 0 amide bonds. The molecule has 11 nitrogen and oxygen atoms in total. The topological polar surface area (TPSA) is 191 Å². The van der Waals surface area contributed by atoms with Gasteiger partial charge in [-0.2, -0.15) is 8.42 Å². The van der Waals surface area contributed by atoms with Crippen molar-refractivity contribution in [3.63, 3.8) is 0 Å². The molecule has 0 aromatic rings. The highest BCUT2D eigenvalue weighted by molar-refractivity contribution is 7.80. The molecule has 288 valence electrons. The van der Waals surface area contributed by atoms with Crippen molar-refractivity contribution in [2.45, 2.75) is 149 Å². The molecule has 4 aliphatic rings. The van der Waals surface area contributed by atoms with Gasteiger partial charge in [-0.05, 0) is 169 Å². The zero-order chi connectivity index (χ0) is 36.6. The van der Waals surface area contributed by atoms with E-state index in [0.29, 0.717) is 53.4 Å². The summed E-state index contributed by atoms with van der Waals surface area (Å²) in [7, 11) is -4.45. The molecule has 0 spiro atoms. The van der Waals surface area contributed by atoms with Gasteiger partial charge in [-0.25, -0.2) is 8.98 Å². The number of fused-ring (bicyclic) bond motifs is 5. The van der Waals surface area contributed by atoms with Crippen LogP contribution in [0.15, 0.2) is 0 Å². The van der Waals surface area contributed by atoms with Crippen LogP contribution in [-0.4, -0.2) is 84.8 Å². The smallest absolute Gasteiger partial charge is 0.397 e. The quantitative estimate of drug-likeness (QED) is 0.0791. The second-order valence-corrected chi connectivity index (χ2v) is 18.0. The Kier molecular flexibility index (Phi) is 16.3. The van der Waals surface area contributed by atoms with Crippen LogP contribution in [0.2, 0.25) is 0 Å². The zero-order valence-electron chi connectivity index (χ0n) is 31.3. The van der Waals surface area contributed by atoms with Crippen LogP contribution in [0.3, 0.4) is 0 Å². The second-order valence-electron chi connectivity index (χ2n) is 16.9. The summed E-state index contributed by atoms with van der Waals surface area (Å²) in [5.74, 6) is 2.03. The van der Waals surface area contributed by atoms with Crippen LogP contribution in [0, 0.1) is 52.3 Å². The molecule has 12 heteroatoms. The van der Waals surface area contributed by atoms with Crippen LogP contribution < -0.4 is 16.4 Å². The molecule has 0 aromatic carbocycles. The van der Waals surface area contributed by atoms with Gasteiger partial charge in [-0.3, -0.25) is 4.55 Å². The summed E-state index contributed by atoms with van der Waals surface area (Å²) in [5, 5.41) is 34.9. The fraction of sp³-hybridized carbons (Fsp3) is 0.973. The van der Waals surface area contributed by atoms with E-state index < -0.39 is 28.6 Å². The number of hydrogen-bond donors (Lipinski definition) is 7. The van der Waals surface area contributed by atoms with Crippen molar-refractivity contribution in [3.8, 4) is 0 Å². The molecule has 8 N–H and O–H groups in total. The van der Waals surface area contributed by atoms with Crippen molar-refractivity contribution in [1.82, 2.24) is 10.6 Å². The Morgan fingerprint density at radius 3 is 2.16 bits per heavy atom. The highest BCUT2D eigenvalue weighted by Gasteiger charge is 2.62. The number of nitrogens with two attached hydrogens (primary N) is 1. The van der Waals surface area contributed by atoms with Crippen molar-refractivity contribution in [1.29, 1.82) is 0 Å². The molecular weight excluding hydrogens is 646 g/mol. The van der Waals surface area contributed by atoms with Gasteiger partial charge < -0.3 is 31.7 Å². The van der Waals surface area contributed by atoms with Crippen molar-refractivity contribution < 1.29 is 37.3 Å². The largest absolute Gasteiger partial charge is 0.479 e. The van der Waals surface area contributed by atoms with E-state index in [4.69, 9.17) is 20.1 Å². The van der Waals surface area contributed by atoms with E-state index in [0.717, 1.165) is 58.3 Å². The summed E-state index contributed by atoms with van der Waals surface area (Å²) in [4.78, 5) is 9.45. The maximum atomic E-state index is 11.8.